The van der Waals surface area contributed by atoms with Crippen LogP contribution in [0.15, 0.2) is 42.5 Å². The maximum atomic E-state index is 13.1. The number of carbonyl (C=O) groups is 1. The normalized spacial score (nSPS) is 20.6. The molecule has 0 aliphatic carbocycles. The van der Waals surface area contributed by atoms with Gasteiger partial charge < -0.3 is 15.0 Å². The Kier molecular flexibility index (Phi) is 5.79. The second-order valence-electron chi connectivity index (χ2n) is 6.79. The van der Waals surface area contributed by atoms with Crippen molar-refractivity contribution in [2.75, 3.05) is 25.5 Å². The van der Waals surface area contributed by atoms with Gasteiger partial charge in [-0.25, -0.2) is 4.39 Å². The van der Waals surface area contributed by atoms with Gasteiger partial charge in [0.15, 0.2) is 0 Å². The molecule has 1 fully saturated rings. The van der Waals surface area contributed by atoms with E-state index < -0.39 is 5.82 Å². The van der Waals surface area contributed by atoms with Crippen LogP contribution in [-0.4, -0.2) is 37.0 Å². The fraction of sp³-hybridized carbons (Fsp3) is 0.350. The lowest BCUT2D eigenvalue weighted by Gasteiger charge is -2.34. The van der Waals surface area contributed by atoms with Crippen molar-refractivity contribution >= 4 is 23.2 Å². The minimum atomic E-state index is -0.478. The van der Waals surface area contributed by atoms with Gasteiger partial charge in [-0.15, -0.1) is 0 Å². The second kappa shape index (κ2) is 8.06. The maximum absolute atomic E-state index is 13.1. The first kappa shape index (κ1) is 18.7. The van der Waals surface area contributed by atoms with E-state index in [2.05, 4.69) is 24.2 Å². The molecule has 0 bridgehead atoms. The molecule has 1 N–H and O–H groups in total. The van der Waals surface area contributed by atoms with E-state index in [1.807, 2.05) is 12.1 Å². The molecule has 2 aromatic carbocycles. The van der Waals surface area contributed by atoms with Gasteiger partial charge in [-0.3, -0.25) is 4.79 Å². The van der Waals surface area contributed by atoms with Crippen molar-refractivity contribution < 1.29 is 13.9 Å². The van der Waals surface area contributed by atoms with E-state index in [0.29, 0.717) is 11.6 Å². The molecular formula is C20H22ClFN2O2. The first-order valence-corrected chi connectivity index (χ1v) is 9.02. The second-order valence-corrected chi connectivity index (χ2v) is 7.20. The first-order valence-electron chi connectivity index (χ1n) is 8.64. The minimum Gasteiger partial charge on any atom is -0.490 e. The van der Waals surface area contributed by atoms with Crippen molar-refractivity contribution in [2.24, 2.45) is 5.92 Å². The number of hydrogen-bond acceptors (Lipinski definition) is 3. The van der Waals surface area contributed by atoms with Crippen LogP contribution in [0.1, 0.15) is 23.7 Å². The van der Waals surface area contributed by atoms with E-state index in [4.69, 9.17) is 16.3 Å². The highest BCUT2D eigenvalue weighted by atomic mass is 35.5. The number of piperidine rings is 1. The third kappa shape index (κ3) is 4.54. The van der Waals surface area contributed by atoms with Crippen molar-refractivity contribution in [3.05, 3.63) is 58.9 Å². The van der Waals surface area contributed by atoms with E-state index in [0.717, 1.165) is 31.3 Å². The molecule has 0 radical (unpaired) electrons. The lowest BCUT2D eigenvalue weighted by Crippen LogP contribution is -2.42. The Morgan fingerprint density at radius 1 is 1.31 bits per heavy atom. The van der Waals surface area contributed by atoms with Crippen LogP contribution in [0.25, 0.3) is 0 Å². The minimum absolute atomic E-state index is 0.0788. The van der Waals surface area contributed by atoms with E-state index in [1.54, 1.807) is 12.1 Å². The number of amides is 1. The van der Waals surface area contributed by atoms with Gasteiger partial charge in [0.1, 0.15) is 17.7 Å². The summed E-state index contributed by atoms with van der Waals surface area (Å²) in [7, 11) is 2.11. The van der Waals surface area contributed by atoms with Gasteiger partial charge >= 0.3 is 0 Å². The number of likely N-dealkylation sites (tertiary alicyclic amines) is 1. The van der Waals surface area contributed by atoms with Crippen molar-refractivity contribution in [3.8, 4) is 5.75 Å². The zero-order chi connectivity index (χ0) is 18.7. The Labute approximate surface area is 157 Å². The standard InChI is InChI=1S/C20H22ClFN2O2/c1-13-12-24(2)9-8-19(13)26-16-5-3-4-15(11-16)23-20(25)17-7-6-14(22)10-18(17)21/h3-7,10-11,13,19H,8-9,12H2,1-2H3,(H,23,25)/t13-,19+/m1/s1. The van der Waals surface area contributed by atoms with Gasteiger partial charge in [0.25, 0.3) is 5.91 Å². The molecule has 2 aromatic rings. The smallest absolute Gasteiger partial charge is 0.257 e. The summed E-state index contributed by atoms with van der Waals surface area (Å²) < 4.78 is 19.3. The number of halogens is 2. The average Bonchev–Trinajstić information content (AvgIpc) is 2.57. The molecular weight excluding hydrogens is 355 g/mol. The maximum Gasteiger partial charge on any atom is 0.257 e. The fourth-order valence-electron chi connectivity index (χ4n) is 3.20. The Bertz CT molecular complexity index is 799. The van der Waals surface area contributed by atoms with Crippen molar-refractivity contribution in [1.29, 1.82) is 0 Å². The fourth-order valence-corrected chi connectivity index (χ4v) is 3.45. The van der Waals surface area contributed by atoms with Crippen LogP contribution in [0.5, 0.6) is 5.75 Å². The predicted octanol–water partition coefficient (Wildman–Crippen LogP) is 4.45. The summed E-state index contributed by atoms with van der Waals surface area (Å²) in [6, 6.07) is 11.0. The number of benzene rings is 2. The quantitative estimate of drug-likeness (QED) is 0.857. The molecule has 0 spiro atoms. The zero-order valence-electron chi connectivity index (χ0n) is 14.8. The number of anilines is 1. The number of ether oxygens (including phenoxy) is 1. The van der Waals surface area contributed by atoms with Gasteiger partial charge in [0.05, 0.1) is 10.6 Å². The van der Waals surface area contributed by atoms with E-state index in [9.17, 15) is 9.18 Å². The van der Waals surface area contributed by atoms with Gasteiger partial charge in [-0.1, -0.05) is 24.6 Å². The molecule has 6 heteroatoms. The molecule has 1 heterocycles. The van der Waals surface area contributed by atoms with Crippen LogP contribution in [-0.2, 0) is 0 Å². The molecule has 26 heavy (non-hydrogen) atoms. The molecule has 1 amide bonds. The Balaban J connectivity index is 1.68. The van der Waals surface area contributed by atoms with Crippen LogP contribution >= 0.6 is 11.6 Å². The van der Waals surface area contributed by atoms with Gasteiger partial charge in [-0.2, -0.15) is 0 Å². The number of nitrogens with zero attached hydrogens (tertiary/aromatic N) is 1. The van der Waals surface area contributed by atoms with Crippen LogP contribution < -0.4 is 10.1 Å². The highest BCUT2D eigenvalue weighted by molar-refractivity contribution is 6.34. The number of carbonyl (C=O) groups excluding carboxylic acids is 1. The largest absolute Gasteiger partial charge is 0.490 e. The third-order valence-electron chi connectivity index (χ3n) is 4.58. The van der Waals surface area contributed by atoms with E-state index in [1.165, 1.54) is 12.1 Å². The molecule has 0 unspecified atom stereocenters. The summed E-state index contributed by atoms with van der Waals surface area (Å²) in [5.41, 5.74) is 0.830. The Hall–Kier alpha value is -2.11. The molecule has 0 aromatic heterocycles. The van der Waals surface area contributed by atoms with Crippen molar-refractivity contribution in [3.63, 3.8) is 0 Å². The molecule has 0 saturated carbocycles. The highest BCUT2D eigenvalue weighted by Crippen LogP contribution is 2.25. The zero-order valence-corrected chi connectivity index (χ0v) is 15.6. The molecule has 4 nitrogen and oxygen atoms in total. The van der Waals surface area contributed by atoms with Crippen molar-refractivity contribution in [2.45, 2.75) is 19.4 Å². The van der Waals surface area contributed by atoms with Crippen LogP contribution in [0, 0.1) is 11.7 Å². The monoisotopic (exact) mass is 376 g/mol. The predicted molar refractivity (Wildman–Crippen MR) is 101 cm³/mol. The molecule has 3 rings (SSSR count). The molecule has 1 saturated heterocycles. The SMILES string of the molecule is C[C@@H]1CN(C)CC[C@@H]1Oc1cccc(NC(=O)c2ccc(F)cc2Cl)c1. The molecule has 2 atom stereocenters. The number of nitrogens with one attached hydrogen (secondary N) is 1. The average molecular weight is 377 g/mol. The first-order chi connectivity index (χ1) is 12.4. The summed E-state index contributed by atoms with van der Waals surface area (Å²) in [4.78, 5) is 14.7. The summed E-state index contributed by atoms with van der Waals surface area (Å²) in [6.07, 6.45) is 1.13. The number of hydrogen-bond donors (Lipinski definition) is 1. The topological polar surface area (TPSA) is 41.6 Å². The van der Waals surface area contributed by atoms with Gasteiger partial charge in [-0.05, 0) is 43.8 Å². The van der Waals surface area contributed by atoms with E-state index in [-0.39, 0.29) is 22.6 Å². The summed E-state index contributed by atoms with van der Waals surface area (Å²) in [5, 5.41) is 2.86. The lowest BCUT2D eigenvalue weighted by molar-refractivity contribution is 0.0640. The summed E-state index contributed by atoms with van der Waals surface area (Å²) in [6.45, 7) is 4.20. The molecule has 1 aliphatic rings. The van der Waals surface area contributed by atoms with E-state index >= 15 is 0 Å². The van der Waals surface area contributed by atoms with Gasteiger partial charge in [0.2, 0.25) is 0 Å². The molecule has 138 valence electrons. The lowest BCUT2D eigenvalue weighted by atomic mass is 9.97. The summed E-state index contributed by atoms with van der Waals surface area (Å²) in [5.74, 6) is 0.286. The van der Waals surface area contributed by atoms with Crippen LogP contribution in [0.3, 0.4) is 0 Å². The third-order valence-corrected chi connectivity index (χ3v) is 4.90. The Morgan fingerprint density at radius 3 is 2.85 bits per heavy atom. The number of rotatable bonds is 4. The molecule has 1 aliphatic heterocycles. The van der Waals surface area contributed by atoms with Crippen LogP contribution in [0.2, 0.25) is 5.02 Å². The van der Waals surface area contributed by atoms with Crippen LogP contribution in [0.4, 0.5) is 10.1 Å². The van der Waals surface area contributed by atoms with Crippen molar-refractivity contribution in [1.82, 2.24) is 4.90 Å². The summed E-state index contributed by atoms with van der Waals surface area (Å²) >= 11 is 5.95. The Morgan fingerprint density at radius 2 is 2.12 bits per heavy atom. The highest BCUT2D eigenvalue weighted by Gasteiger charge is 2.25. The van der Waals surface area contributed by atoms with Gasteiger partial charge in [0, 0.05) is 30.8 Å².